The van der Waals surface area contributed by atoms with Crippen LogP contribution in [0.3, 0.4) is 0 Å². The maximum absolute atomic E-state index is 11.8. The van der Waals surface area contributed by atoms with Gasteiger partial charge in [-0.3, -0.25) is 9.36 Å². The van der Waals surface area contributed by atoms with Crippen LogP contribution in [-0.4, -0.2) is 26.1 Å². The summed E-state index contributed by atoms with van der Waals surface area (Å²) in [6.45, 7) is 2.55. The number of aromatic amines is 1. The Labute approximate surface area is 108 Å². The first-order valence-electron chi connectivity index (χ1n) is 5.93. The molecular formula is C13H12N4O2. The van der Waals surface area contributed by atoms with Gasteiger partial charge in [-0.2, -0.15) is 0 Å². The zero-order valence-electron chi connectivity index (χ0n) is 10.3. The van der Waals surface area contributed by atoms with Gasteiger partial charge in [0.05, 0.1) is 12.9 Å². The molecule has 3 rings (SSSR count). The maximum atomic E-state index is 11.8. The summed E-state index contributed by atoms with van der Waals surface area (Å²) in [5.41, 5.74) is 1.49. The van der Waals surface area contributed by atoms with E-state index < -0.39 is 0 Å². The molecule has 1 aromatic carbocycles. The standard InChI is InChI=1S/C13H12N4O2/c1-2-19-10-5-3-9(4-6-10)17-8-16-12-11(17)13(18)15-7-14-12/h3-8H,2H2,1H3,(H,14,15,18). The van der Waals surface area contributed by atoms with Gasteiger partial charge in [0.25, 0.3) is 5.56 Å². The molecule has 3 aromatic rings. The molecule has 6 heteroatoms. The molecule has 2 heterocycles. The maximum Gasteiger partial charge on any atom is 0.277 e. The van der Waals surface area contributed by atoms with Crippen molar-refractivity contribution in [1.82, 2.24) is 19.5 Å². The Morgan fingerprint density at radius 1 is 1.26 bits per heavy atom. The summed E-state index contributed by atoms with van der Waals surface area (Å²) in [5, 5.41) is 0. The Kier molecular flexibility index (Phi) is 2.75. The summed E-state index contributed by atoms with van der Waals surface area (Å²) in [6.07, 6.45) is 2.93. The van der Waals surface area contributed by atoms with E-state index in [0.29, 0.717) is 17.8 Å². The Hall–Kier alpha value is -2.63. The zero-order valence-corrected chi connectivity index (χ0v) is 10.3. The van der Waals surface area contributed by atoms with Crippen LogP contribution in [0.1, 0.15) is 6.92 Å². The molecular weight excluding hydrogens is 244 g/mol. The van der Waals surface area contributed by atoms with E-state index in [-0.39, 0.29) is 5.56 Å². The van der Waals surface area contributed by atoms with E-state index in [4.69, 9.17) is 4.74 Å². The predicted octanol–water partition coefficient (Wildman–Crippen LogP) is 1.51. The Balaban J connectivity index is 2.11. The highest BCUT2D eigenvalue weighted by Gasteiger charge is 2.09. The molecule has 0 atom stereocenters. The lowest BCUT2D eigenvalue weighted by atomic mass is 10.3. The number of aromatic nitrogens is 4. The van der Waals surface area contributed by atoms with Crippen LogP contribution < -0.4 is 10.3 Å². The van der Waals surface area contributed by atoms with Crippen molar-refractivity contribution in [2.24, 2.45) is 0 Å². The molecule has 0 unspecified atom stereocenters. The van der Waals surface area contributed by atoms with Crippen LogP contribution in [0.15, 0.2) is 41.7 Å². The summed E-state index contributed by atoms with van der Waals surface area (Å²) < 4.78 is 7.09. The fourth-order valence-corrected chi connectivity index (χ4v) is 1.93. The van der Waals surface area contributed by atoms with Crippen molar-refractivity contribution in [3.05, 3.63) is 47.3 Å². The number of ether oxygens (including phenoxy) is 1. The number of imidazole rings is 1. The molecule has 19 heavy (non-hydrogen) atoms. The molecule has 0 saturated carbocycles. The summed E-state index contributed by atoms with van der Waals surface area (Å²) >= 11 is 0. The SMILES string of the molecule is CCOc1ccc(-n2cnc3nc[nH]c(=O)c32)cc1. The molecule has 0 saturated heterocycles. The molecule has 0 amide bonds. The molecule has 0 spiro atoms. The average molecular weight is 256 g/mol. The quantitative estimate of drug-likeness (QED) is 0.770. The molecule has 0 aliphatic rings. The van der Waals surface area contributed by atoms with Crippen LogP contribution in [0.5, 0.6) is 5.75 Å². The normalized spacial score (nSPS) is 10.8. The topological polar surface area (TPSA) is 72.8 Å². The van der Waals surface area contributed by atoms with Gasteiger partial charge in [0, 0.05) is 5.69 Å². The second-order valence-electron chi connectivity index (χ2n) is 3.95. The first-order chi connectivity index (χ1) is 9.29. The first-order valence-corrected chi connectivity index (χ1v) is 5.93. The molecule has 0 radical (unpaired) electrons. The highest BCUT2D eigenvalue weighted by Crippen LogP contribution is 2.17. The number of hydrogen-bond acceptors (Lipinski definition) is 4. The molecule has 0 aliphatic heterocycles. The lowest BCUT2D eigenvalue weighted by Gasteiger charge is -2.06. The summed E-state index contributed by atoms with van der Waals surface area (Å²) in [6, 6.07) is 7.46. The molecule has 0 fully saturated rings. The van der Waals surface area contributed by atoms with Gasteiger partial charge >= 0.3 is 0 Å². The fourth-order valence-electron chi connectivity index (χ4n) is 1.93. The lowest BCUT2D eigenvalue weighted by Crippen LogP contribution is -2.10. The number of nitrogens with one attached hydrogen (secondary N) is 1. The van der Waals surface area contributed by atoms with E-state index in [0.717, 1.165) is 11.4 Å². The van der Waals surface area contributed by atoms with Gasteiger partial charge in [0.2, 0.25) is 0 Å². The summed E-state index contributed by atoms with van der Waals surface area (Å²) in [5.74, 6) is 0.794. The highest BCUT2D eigenvalue weighted by molar-refractivity contribution is 5.71. The number of benzene rings is 1. The first kappa shape index (κ1) is 11.5. The van der Waals surface area contributed by atoms with Crippen LogP contribution in [0, 0.1) is 0 Å². The monoisotopic (exact) mass is 256 g/mol. The van der Waals surface area contributed by atoms with E-state index in [1.165, 1.54) is 6.33 Å². The van der Waals surface area contributed by atoms with Gasteiger partial charge < -0.3 is 9.72 Å². The highest BCUT2D eigenvalue weighted by atomic mass is 16.5. The molecule has 96 valence electrons. The minimum Gasteiger partial charge on any atom is -0.494 e. The number of hydrogen-bond donors (Lipinski definition) is 1. The minimum absolute atomic E-state index is 0.212. The van der Waals surface area contributed by atoms with Gasteiger partial charge in [-0.15, -0.1) is 0 Å². The molecule has 1 N–H and O–H groups in total. The van der Waals surface area contributed by atoms with Gasteiger partial charge in [-0.25, -0.2) is 9.97 Å². The van der Waals surface area contributed by atoms with Crippen LogP contribution in [-0.2, 0) is 0 Å². The summed E-state index contributed by atoms with van der Waals surface area (Å²) in [4.78, 5) is 22.5. The Morgan fingerprint density at radius 2 is 2.05 bits per heavy atom. The third kappa shape index (κ3) is 1.97. The largest absolute Gasteiger partial charge is 0.494 e. The van der Waals surface area contributed by atoms with Crippen molar-refractivity contribution in [3.63, 3.8) is 0 Å². The van der Waals surface area contributed by atoms with E-state index >= 15 is 0 Å². The third-order valence-corrected chi connectivity index (χ3v) is 2.77. The fraction of sp³-hybridized carbons (Fsp3) is 0.154. The van der Waals surface area contributed by atoms with Gasteiger partial charge in [-0.05, 0) is 31.2 Å². The van der Waals surface area contributed by atoms with Gasteiger partial charge in [-0.1, -0.05) is 0 Å². The predicted molar refractivity (Wildman–Crippen MR) is 70.7 cm³/mol. The number of nitrogens with zero attached hydrogens (tertiary/aromatic N) is 3. The Bertz CT molecular complexity index is 758. The van der Waals surface area contributed by atoms with Crippen LogP contribution in [0.2, 0.25) is 0 Å². The zero-order chi connectivity index (χ0) is 13.2. The van der Waals surface area contributed by atoms with Gasteiger partial charge in [0.15, 0.2) is 11.2 Å². The van der Waals surface area contributed by atoms with Crippen molar-refractivity contribution >= 4 is 11.2 Å². The average Bonchev–Trinajstić information content (AvgIpc) is 2.85. The smallest absolute Gasteiger partial charge is 0.277 e. The molecule has 6 nitrogen and oxygen atoms in total. The molecule has 2 aromatic heterocycles. The number of rotatable bonds is 3. The van der Waals surface area contributed by atoms with Crippen molar-refractivity contribution in [3.8, 4) is 11.4 Å². The second kappa shape index (κ2) is 4.56. The van der Waals surface area contributed by atoms with Crippen LogP contribution >= 0.6 is 0 Å². The van der Waals surface area contributed by atoms with Gasteiger partial charge in [0.1, 0.15) is 12.1 Å². The van der Waals surface area contributed by atoms with E-state index in [2.05, 4.69) is 15.0 Å². The Morgan fingerprint density at radius 3 is 2.79 bits per heavy atom. The van der Waals surface area contributed by atoms with Crippen molar-refractivity contribution in [2.45, 2.75) is 6.92 Å². The second-order valence-corrected chi connectivity index (χ2v) is 3.95. The molecule has 0 aliphatic carbocycles. The minimum atomic E-state index is -0.212. The van der Waals surface area contributed by atoms with E-state index in [1.54, 1.807) is 10.9 Å². The van der Waals surface area contributed by atoms with Crippen LogP contribution in [0.25, 0.3) is 16.9 Å². The number of H-pyrrole nitrogens is 1. The lowest BCUT2D eigenvalue weighted by molar-refractivity contribution is 0.340. The van der Waals surface area contributed by atoms with Crippen molar-refractivity contribution in [2.75, 3.05) is 6.61 Å². The molecule has 0 bridgehead atoms. The van der Waals surface area contributed by atoms with E-state index in [9.17, 15) is 4.79 Å². The van der Waals surface area contributed by atoms with Crippen molar-refractivity contribution < 1.29 is 4.74 Å². The summed E-state index contributed by atoms with van der Waals surface area (Å²) in [7, 11) is 0. The number of fused-ring (bicyclic) bond motifs is 1. The van der Waals surface area contributed by atoms with E-state index in [1.807, 2.05) is 31.2 Å². The van der Waals surface area contributed by atoms with Crippen molar-refractivity contribution in [1.29, 1.82) is 0 Å². The third-order valence-electron chi connectivity index (χ3n) is 2.77. The van der Waals surface area contributed by atoms with Crippen LogP contribution in [0.4, 0.5) is 0 Å².